The SMILES string of the molecule is NCC(CN)c1cccc(Cl)c1. The van der Waals surface area contributed by atoms with Gasteiger partial charge in [-0.25, -0.2) is 0 Å². The second-order valence-corrected chi connectivity index (χ2v) is 3.16. The first-order chi connectivity index (χ1) is 5.77. The van der Waals surface area contributed by atoms with Gasteiger partial charge in [-0.3, -0.25) is 0 Å². The molecule has 0 fully saturated rings. The molecule has 3 heteroatoms. The predicted molar refractivity (Wildman–Crippen MR) is 52.3 cm³/mol. The summed E-state index contributed by atoms with van der Waals surface area (Å²) in [4.78, 5) is 0. The third-order valence-corrected chi connectivity index (χ3v) is 2.12. The maximum atomic E-state index is 5.82. The lowest BCUT2D eigenvalue weighted by molar-refractivity contribution is 0.708. The number of benzene rings is 1. The molecule has 0 bridgehead atoms. The molecule has 0 spiro atoms. The summed E-state index contributed by atoms with van der Waals surface area (Å²) in [5.41, 5.74) is 12.2. The minimum absolute atomic E-state index is 0.226. The van der Waals surface area contributed by atoms with E-state index in [4.69, 9.17) is 23.1 Å². The molecule has 0 aliphatic carbocycles. The van der Waals surface area contributed by atoms with Crippen molar-refractivity contribution in [3.63, 3.8) is 0 Å². The molecule has 1 aromatic rings. The van der Waals surface area contributed by atoms with Crippen LogP contribution in [0.25, 0.3) is 0 Å². The average molecular weight is 185 g/mol. The highest BCUT2D eigenvalue weighted by Crippen LogP contribution is 2.17. The van der Waals surface area contributed by atoms with Gasteiger partial charge >= 0.3 is 0 Å². The highest BCUT2D eigenvalue weighted by atomic mass is 35.5. The van der Waals surface area contributed by atoms with Gasteiger partial charge in [0, 0.05) is 24.0 Å². The summed E-state index contributed by atoms with van der Waals surface area (Å²) in [6, 6.07) is 7.66. The monoisotopic (exact) mass is 184 g/mol. The largest absolute Gasteiger partial charge is 0.330 e. The fourth-order valence-corrected chi connectivity index (χ4v) is 1.33. The summed E-state index contributed by atoms with van der Waals surface area (Å²) in [5.74, 6) is 0.226. The second-order valence-electron chi connectivity index (χ2n) is 2.72. The minimum Gasteiger partial charge on any atom is -0.330 e. The Bertz CT molecular complexity index is 246. The zero-order chi connectivity index (χ0) is 8.97. The molecule has 0 aliphatic heterocycles. The summed E-state index contributed by atoms with van der Waals surface area (Å²) < 4.78 is 0. The summed E-state index contributed by atoms with van der Waals surface area (Å²) >= 11 is 5.82. The lowest BCUT2D eigenvalue weighted by Crippen LogP contribution is -2.21. The van der Waals surface area contributed by atoms with Crippen molar-refractivity contribution in [1.29, 1.82) is 0 Å². The molecule has 0 atom stereocenters. The fourth-order valence-electron chi connectivity index (χ4n) is 1.13. The zero-order valence-electron chi connectivity index (χ0n) is 6.83. The maximum absolute atomic E-state index is 5.82. The molecule has 2 nitrogen and oxygen atoms in total. The minimum atomic E-state index is 0.226. The summed E-state index contributed by atoms with van der Waals surface area (Å²) in [5, 5.41) is 0.736. The number of hydrogen-bond donors (Lipinski definition) is 2. The van der Waals surface area contributed by atoms with Gasteiger partial charge in [-0.05, 0) is 17.7 Å². The van der Waals surface area contributed by atoms with Gasteiger partial charge in [0.2, 0.25) is 0 Å². The number of halogens is 1. The normalized spacial score (nSPS) is 10.7. The summed E-state index contributed by atoms with van der Waals surface area (Å²) in [7, 11) is 0. The molecule has 0 aliphatic rings. The Balaban J connectivity index is 2.85. The predicted octanol–water partition coefficient (Wildman–Crippen LogP) is 1.34. The molecule has 0 saturated carbocycles. The van der Waals surface area contributed by atoms with Gasteiger partial charge in [0.05, 0.1) is 0 Å². The first-order valence-electron chi connectivity index (χ1n) is 3.93. The Morgan fingerprint density at radius 1 is 1.25 bits per heavy atom. The third-order valence-electron chi connectivity index (χ3n) is 1.89. The molecule has 0 heterocycles. The highest BCUT2D eigenvalue weighted by molar-refractivity contribution is 6.30. The van der Waals surface area contributed by atoms with Crippen LogP contribution in [-0.4, -0.2) is 13.1 Å². The molecular weight excluding hydrogens is 172 g/mol. The van der Waals surface area contributed by atoms with Crippen molar-refractivity contribution in [3.05, 3.63) is 34.9 Å². The Morgan fingerprint density at radius 2 is 1.92 bits per heavy atom. The molecule has 0 amide bonds. The molecule has 0 radical (unpaired) electrons. The molecule has 1 rings (SSSR count). The summed E-state index contributed by atoms with van der Waals surface area (Å²) in [6.45, 7) is 1.13. The van der Waals surface area contributed by atoms with Crippen LogP contribution >= 0.6 is 11.6 Å². The van der Waals surface area contributed by atoms with E-state index in [0.717, 1.165) is 10.6 Å². The van der Waals surface area contributed by atoms with Crippen LogP contribution in [0.4, 0.5) is 0 Å². The fraction of sp³-hybridized carbons (Fsp3) is 0.333. The smallest absolute Gasteiger partial charge is 0.0408 e. The number of rotatable bonds is 3. The van der Waals surface area contributed by atoms with E-state index in [2.05, 4.69) is 0 Å². The first kappa shape index (κ1) is 9.52. The average Bonchev–Trinajstić information content (AvgIpc) is 2.07. The van der Waals surface area contributed by atoms with E-state index in [9.17, 15) is 0 Å². The standard InChI is InChI=1S/C9H13ClN2/c10-9-3-1-2-7(4-9)8(5-11)6-12/h1-4,8H,5-6,11-12H2. The maximum Gasteiger partial charge on any atom is 0.0408 e. The Kier molecular flexibility index (Phi) is 3.53. The van der Waals surface area contributed by atoms with Crippen molar-refractivity contribution in [2.45, 2.75) is 5.92 Å². The van der Waals surface area contributed by atoms with Gasteiger partial charge in [-0.2, -0.15) is 0 Å². The van der Waals surface area contributed by atoms with Crippen molar-refractivity contribution in [1.82, 2.24) is 0 Å². The van der Waals surface area contributed by atoms with E-state index in [1.165, 1.54) is 0 Å². The van der Waals surface area contributed by atoms with Gasteiger partial charge in [-0.15, -0.1) is 0 Å². The number of hydrogen-bond acceptors (Lipinski definition) is 2. The van der Waals surface area contributed by atoms with Crippen LogP contribution in [0.1, 0.15) is 11.5 Å². The molecule has 0 saturated heterocycles. The van der Waals surface area contributed by atoms with Gasteiger partial charge in [0.25, 0.3) is 0 Å². The van der Waals surface area contributed by atoms with E-state index in [0.29, 0.717) is 13.1 Å². The van der Waals surface area contributed by atoms with E-state index >= 15 is 0 Å². The molecule has 0 aromatic heterocycles. The van der Waals surface area contributed by atoms with Gasteiger partial charge in [-0.1, -0.05) is 23.7 Å². The van der Waals surface area contributed by atoms with Crippen LogP contribution in [0.3, 0.4) is 0 Å². The van der Waals surface area contributed by atoms with Crippen LogP contribution in [0.15, 0.2) is 24.3 Å². The molecule has 4 N–H and O–H groups in total. The molecule has 66 valence electrons. The van der Waals surface area contributed by atoms with Crippen LogP contribution in [0, 0.1) is 0 Å². The lowest BCUT2D eigenvalue weighted by Gasteiger charge is -2.11. The molecule has 12 heavy (non-hydrogen) atoms. The molecular formula is C9H13ClN2. The third kappa shape index (κ3) is 2.21. The van der Waals surface area contributed by atoms with Crippen LogP contribution < -0.4 is 11.5 Å². The van der Waals surface area contributed by atoms with Crippen LogP contribution in [0.5, 0.6) is 0 Å². The van der Waals surface area contributed by atoms with Crippen molar-refractivity contribution in [2.24, 2.45) is 11.5 Å². The second kappa shape index (κ2) is 4.45. The van der Waals surface area contributed by atoms with Crippen LogP contribution in [-0.2, 0) is 0 Å². The quantitative estimate of drug-likeness (QED) is 0.745. The van der Waals surface area contributed by atoms with Crippen molar-refractivity contribution in [3.8, 4) is 0 Å². The molecule has 0 unspecified atom stereocenters. The van der Waals surface area contributed by atoms with Gasteiger partial charge in [0.1, 0.15) is 0 Å². The van der Waals surface area contributed by atoms with E-state index < -0.39 is 0 Å². The van der Waals surface area contributed by atoms with E-state index in [-0.39, 0.29) is 5.92 Å². The zero-order valence-corrected chi connectivity index (χ0v) is 7.59. The Labute approximate surface area is 77.5 Å². The summed E-state index contributed by atoms with van der Waals surface area (Å²) in [6.07, 6.45) is 0. The Morgan fingerprint density at radius 3 is 2.42 bits per heavy atom. The van der Waals surface area contributed by atoms with E-state index in [1.54, 1.807) is 0 Å². The highest BCUT2D eigenvalue weighted by Gasteiger charge is 2.06. The van der Waals surface area contributed by atoms with Crippen molar-refractivity contribution < 1.29 is 0 Å². The lowest BCUT2D eigenvalue weighted by atomic mass is 10.00. The van der Waals surface area contributed by atoms with Gasteiger partial charge < -0.3 is 11.5 Å². The van der Waals surface area contributed by atoms with Crippen molar-refractivity contribution >= 4 is 11.6 Å². The van der Waals surface area contributed by atoms with E-state index in [1.807, 2.05) is 24.3 Å². The van der Waals surface area contributed by atoms with Crippen LogP contribution in [0.2, 0.25) is 5.02 Å². The number of nitrogens with two attached hydrogens (primary N) is 2. The molecule has 1 aromatic carbocycles. The van der Waals surface area contributed by atoms with Crippen molar-refractivity contribution in [2.75, 3.05) is 13.1 Å². The van der Waals surface area contributed by atoms with Gasteiger partial charge in [0.15, 0.2) is 0 Å². The topological polar surface area (TPSA) is 52.0 Å². The first-order valence-corrected chi connectivity index (χ1v) is 4.31. The Hall–Kier alpha value is -0.570.